The molecule has 1 fully saturated rings. The summed E-state index contributed by atoms with van der Waals surface area (Å²) in [6.07, 6.45) is 2.25. The van der Waals surface area contributed by atoms with Crippen LogP contribution in [0.3, 0.4) is 0 Å². The van der Waals surface area contributed by atoms with Gasteiger partial charge in [-0.25, -0.2) is 0 Å². The second-order valence-corrected chi connectivity index (χ2v) is 5.99. The molecule has 1 aliphatic rings. The summed E-state index contributed by atoms with van der Waals surface area (Å²) >= 11 is 3.50. The predicted molar refractivity (Wildman–Crippen MR) is 67.6 cm³/mol. The fourth-order valence-corrected chi connectivity index (χ4v) is 2.78. The molecular formula is C13H18BrN. The van der Waals surface area contributed by atoms with Crippen LogP contribution in [0.5, 0.6) is 0 Å². The van der Waals surface area contributed by atoms with Crippen molar-refractivity contribution in [3.8, 4) is 0 Å². The Balaban J connectivity index is 2.13. The highest BCUT2D eigenvalue weighted by atomic mass is 79.9. The molecule has 2 heteroatoms. The third kappa shape index (κ3) is 2.11. The smallest absolute Gasteiger partial charge is 0.0415 e. The Morgan fingerprint density at radius 1 is 1.40 bits per heavy atom. The fraction of sp³-hybridized carbons (Fsp3) is 0.538. The minimum atomic E-state index is -0.0707. The molecule has 1 aliphatic carbocycles. The van der Waals surface area contributed by atoms with Gasteiger partial charge in [-0.1, -0.05) is 41.9 Å². The van der Waals surface area contributed by atoms with Crippen molar-refractivity contribution in [3.05, 3.63) is 34.3 Å². The third-order valence-corrected chi connectivity index (χ3v) is 4.09. The van der Waals surface area contributed by atoms with Crippen LogP contribution in [0.25, 0.3) is 0 Å². The topological polar surface area (TPSA) is 26.0 Å². The van der Waals surface area contributed by atoms with Gasteiger partial charge in [-0.3, -0.25) is 0 Å². The second-order valence-electron chi connectivity index (χ2n) is 5.08. The number of halogens is 1. The van der Waals surface area contributed by atoms with Gasteiger partial charge in [0.1, 0.15) is 0 Å². The molecule has 2 N–H and O–H groups in total. The van der Waals surface area contributed by atoms with E-state index in [0.29, 0.717) is 0 Å². The van der Waals surface area contributed by atoms with Gasteiger partial charge >= 0.3 is 0 Å². The lowest BCUT2D eigenvalue weighted by atomic mass is 9.62. The zero-order valence-corrected chi connectivity index (χ0v) is 10.9. The van der Waals surface area contributed by atoms with E-state index in [1.54, 1.807) is 0 Å². The minimum absolute atomic E-state index is 0.0707. The highest BCUT2D eigenvalue weighted by Crippen LogP contribution is 2.47. The summed E-state index contributed by atoms with van der Waals surface area (Å²) in [5.41, 5.74) is 7.60. The molecule has 0 heterocycles. The molecular weight excluding hydrogens is 250 g/mol. The van der Waals surface area contributed by atoms with Gasteiger partial charge in [0.15, 0.2) is 0 Å². The zero-order chi connectivity index (χ0) is 11.1. The maximum atomic E-state index is 6.40. The first-order valence-electron chi connectivity index (χ1n) is 5.56. The summed E-state index contributed by atoms with van der Waals surface area (Å²) in [5, 5.41) is 0. The van der Waals surface area contributed by atoms with Crippen molar-refractivity contribution in [1.82, 2.24) is 0 Å². The maximum absolute atomic E-state index is 6.40. The summed E-state index contributed by atoms with van der Waals surface area (Å²) in [6, 6.07) is 8.40. The predicted octanol–water partition coefficient (Wildman–Crippen LogP) is 3.67. The number of nitrogens with two attached hydrogens (primary N) is 1. The summed E-state index contributed by atoms with van der Waals surface area (Å²) in [7, 11) is 0. The number of benzene rings is 1. The van der Waals surface area contributed by atoms with Crippen LogP contribution in [0.15, 0.2) is 28.7 Å². The van der Waals surface area contributed by atoms with Crippen molar-refractivity contribution in [2.75, 3.05) is 0 Å². The number of hydrogen-bond acceptors (Lipinski definition) is 1. The molecule has 2 rings (SSSR count). The molecule has 0 unspecified atom stereocenters. The van der Waals surface area contributed by atoms with E-state index in [1.165, 1.54) is 5.56 Å². The van der Waals surface area contributed by atoms with E-state index in [9.17, 15) is 0 Å². The van der Waals surface area contributed by atoms with Crippen LogP contribution < -0.4 is 5.73 Å². The molecule has 0 aliphatic heterocycles. The Kier molecular flexibility index (Phi) is 2.91. The van der Waals surface area contributed by atoms with Crippen molar-refractivity contribution < 1.29 is 0 Å². The van der Waals surface area contributed by atoms with Gasteiger partial charge in [-0.05, 0) is 42.4 Å². The molecule has 0 spiro atoms. The van der Waals surface area contributed by atoms with Crippen LogP contribution in [-0.2, 0) is 5.54 Å². The van der Waals surface area contributed by atoms with Gasteiger partial charge < -0.3 is 5.73 Å². The number of rotatable bonds is 2. The Morgan fingerprint density at radius 3 is 2.60 bits per heavy atom. The Morgan fingerprint density at radius 2 is 2.07 bits per heavy atom. The third-order valence-electron chi connectivity index (χ3n) is 3.60. The van der Waals surface area contributed by atoms with Gasteiger partial charge in [0.05, 0.1) is 0 Å². The molecule has 1 aromatic rings. The zero-order valence-electron chi connectivity index (χ0n) is 9.33. The van der Waals surface area contributed by atoms with Gasteiger partial charge in [0, 0.05) is 10.0 Å². The van der Waals surface area contributed by atoms with Crippen molar-refractivity contribution >= 4 is 15.9 Å². The van der Waals surface area contributed by atoms with E-state index in [2.05, 4.69) is 48.0 Å². The summed E-state index contributed by atoms with van der Waals surface area (Å²) in [6.45, 7) is 4.57. The van der Waals surface area contributed by atoms with E-state index >= 15 is 0 Å². The van der Waals surface area contributed by atoms with Crippen LogP contribution in [-0.4, -0.2) is 0 Å². The molecule has 0 amide bonds. The average molecular weight is 268 g/mol. The highest BCUT2D eigenvalue weighted by molar-refractivity contribution is 9.10. The largest absolute Gasteiger partial charge is 0.321 e. The van der Waals surface area contributed by atoms with E-state index < -0.39 is 0 Å². The molecule has 0 saturated heterocycles. The lowest BCUT2D eigenvalue weighted by Crippen LogP contribution is -2.50. The Hall–Kier alpha value is -0.340. The van der Waals surface area contributed by atoms with Gasteiger partial charge in [0.25, 0.3) is 0 Å². The molecule has 15 heavy (non-hydrogen) atoms. The Bertz CT molecular complexity index is 353. The molecule has 0 radical (unpaired) electrons. The quantitative estimate of drug-likeness (QED) is 0.870. The number of hydrogen-bond donors (Lipinski definition) is 1. The first-order chi connectivity index (χ1) is 7.01. The van der Waals surface area contributed by atoms with Crippen molar-refractivity contribution in [3.63, 3.8) is 0 Å². The lowest BCUT2D eigenvalue weighted by molar-refractivity contribution is 0.105. The van der Waals surface area contributed by atoms with Crippen molar-refractivity contribution in [2.24, 2.45) is 17.6 Å². The van der Waals surface area contributed by atoms with Gasteiger partial charge in [-0.2, -0.15) is 0 Å². The van der Waals surface area contributed by atoms with Crippen LogP contribution >= 0.6 is 15.9 Å². The van der Waals surface area contributed by atoms with Crippen LogP contribution in [0.2, 0.25) is 0 Å². The maximum Gasteiger partial charge on any atom is 0.0415 e. The Labute approximate surface area is 100 Å². The van der Waals surface area contributed by atoms with E-state index in [-0.39, 0.29) is 5.54 Å². The standard InChI is InChI=1S/C13H18BrN/c1-9(2)10-7-13(15,8-10)11-4-3-5-12(14)6-11/h3-6,9-10H,7-8,15H2,1-2H3. The molecule has 1 saturated carbocycles. The fourth-order valence-electron chi connectivity index (χ4n) is 2.38. The van der Waals surface area contributed by atoms with E-state index in [1.807, 2.05) is 6.07 Å². The molecule has 0 atom stereocenters. The molecule has 1 nitrogen and oxygen atoms in total. The molecule has 0 aromatic heterocycles. The second kappa shape index (κ2) is 3.91. The summed E-state index contributed by atoms with van der Waals surface area (Å²) < 4.78 is 1.12. The van der Waals surface area contributed by atoms with E-state index in [4.69, 9.17) is 5.73 Å². The summed E-state index contributed by atoms with van der Waals surface area (Å²) in [4.78, 5) is 0. The minimum Gasteiger partial charge on any atom is -0.321 e. The monoisotopic (exact) mass is 267 g/mol. The van der Waals surface area contributed by atoms with E-state index in [0.717, 1.165) is 29.2 Å². The van der Waals surface area contributed by atoms with Crippen LogP contribution in [0, 0.1) is 11.8 Å². The first-order valence-corrected chi connectivity index (χ1v) is 6.35. The highest BCUT2D eigenvalue weighted by Gasteiger charge is 2.43. The SMILES string of the molecule is CC(C)C1CC(N)(c2cccc(Br)c2)C1. The molecule has 82 valence electrons. The summed E-state index contributed by atoms with van der Waals surface area (Å²) in [5.74, 6) is 1.56. The van der Waals surface area contributed by atoms with Crippen molar-refractivity contribution in [1.29, 1.82) is 0 Å². The lowest BCUT2D eigenvalue weighted by Gasteiger charge is -2.47. The first kappa shape index (κ1) is 11.2. The van der Waals surface area contributed by atoms with Gasteiger partial charge in [-0.15, -0.1) is 0 Å². The molecule has 0 bridgehead atoms. The average Bonchev–Trinajstić information content (AvgIpc) is 2.12. The molecule has 1 aromatic carbocycles. The van der Waals surface area contributed by atoms with Crippen molar-refractivity contribution in [2.45, 2.75) is 32.2 Å². The normalized spacial score (nSPS) is 30.3. The van der Waals surface area contributed by atoms with Gasteiger partial charge in [0.2, 0.25) is 0 Å². The van der Waals surface area contributed by atoms with Crippen LogP contribution in [0.1, 0.15) is 32.3 Å². The van der Waals surface area contributed by atoms with Crippen LogP contribution in [0.4, 0.5) is 0 Å².